The second-order valence-electron chi connectivity index (χ2n) is 13.8. The van der Waals surface area contributed by atoms with Gasteiger partial charge in [0.05, 0.1) is 6.04 Å². The van der Waals surface area contributed by atoms with Crippen molar-refractivity contribution < 1.29 is 24.0 Å². The molecule has 41 heavy (non-hydrogen) atoms. The molecule has 0 aromatic rings. The van der Waals surface area contributed by atoms with E-state index in [1.165, 1.54) is 11.8 Å². The maximum absolute atomic E-state index is 14.2. The van der Waals surface area contributed by atoms with Crippen LogP contribution in [0.2, 0.25) is 0 Å². The van der Waals surface area contributed by atoms with Crippen molar-refractivity contribution >= 4 is 52.6 Å². The minimum atomic E-state index is -1.15. The van der Waals surface area contributed by atoms with Gasteiger partial charge in [0.2, 0.25) is 17.6 Å². The van der Waals surface area contributed by atoms with Gasteiger partial charge in [-0.05, 0) is 43.4 Å². The lowest BCUT2D eigenvalue weighted by atomic mass is 9.80. The topological polar surface area (TPSA) is 125 Å². The number of Topliss-reactive ketones (excluding diaryl/α,β-unsaturated/α-hetero) is 2. The highest BCUT2D eigenvalue weighted by Crippen LogP contribution is 2.65. The maximum atomic E-state index is 14.2. The molecular weight excluding hydrogens is 567 g/mol. The van der Waals surface area contributed by atoms with E-state index >= 15 is 0 Å². The molecule has 1 heterocycles. The number of ketones is 2. The minimum absolute atomic E-state index is 0.0602. The van der Waals surface area contributed by atoms with Crippen LogP contribution in [0.4, 0.5) is 4.79 Å². The highest BCUT2D eigenvalue weighted by atomic mass is 35.5. The Kier molecular flexibility index (Phi) is 9.69. The zero-order valence-corrected chi connectivity index (χ0v) is 26.4. The van der Waals surface area contributed by atoms with Gasteiger partial charge >= 0.3 is 6.03 Å². The summed E-state index contributed by atoms with van der Waals surface area (Å²) in [5.74, 6) is -2.68. The molecular formula is C30H46Cl2N4O5. The molecule has 3 N–H and O–H groups in total. The largest absolute Gasteiger partial charge is 0.344 e. The lowest BCUT2D eigenvalue weighted by Crippen LogP contribution is -2.61. The van der Waals surface area contributed by atoms with Crippen LogP contribution in [0.25, 0.3) is 0 Å². The van der Waals surface area contributed by atoms with Gasteiger partial charge in [-0.3, -0.25) is 19.2 Å². The van der Waals surface area contributed by atoms with Crippen molar-refractivity contribution in [3.63, 3.8) is 0 Å². The molecule has 11 heteroatoms. The molecule has 6 atom stereocenters. The first-order chi connectivity index (χ1) is 19.1. The van der Waals surface area contributed by atoms with Gasteiger partial charge < -0.3 is 20.9 Å². The quantitative estimate of drug-likeness (QED) is 0.253. The zero-order valence-electron chi connectivity index (χ0n) is 24.9. The molecule has 0 aromatic carbocycles. The Labute approximate surface area is 253 Å². The number of carbonyl (C=O) groups excluding carboxylic acids is 5. The van der Waals surface area contributed by atoms with E-state index in [0.29, 0.717) is 6.42 Å². The molecule has 3 saturated carbocycles. The monoisotopic (exact) mass is 612 g/mol. The van der Waals surface area contributed by atoms with Crippen LogP contribution in [-0.2, 0) is 19.2 Å². The van der Waals surface area contributed by atoms with Gasteiger partial charge in [-0.1, -0.05) is 59.3 Å². The van der Waals surface area contributed by atoms with Crippen molar-refractivity contribution in [2.24, 2.45) is 29.1 Å². The van der Waals surface area contributed by atoms with E-state index in [1.807, 2.05) is 27.7 Å². The molecule has 1 aliphatic heterocycles. The number of piperidine rings is 1. The summed E-state index contributed by atoms with van der Waals surface area (Å²) in [5, 5.41) is 8.72. The van der Waals surface area contributed by atoms with E-state index in [0.717, 1.165) is 51.4 Å². The first-order valence-electron chi connectivity index (χ1n) is 15.2. The van der Waals surface area contributed by atoms with Gasteiger partial charge in [-0.15, -0.1) is 23.2 Å². The molecule has 230 valence electrons. The Morgan fingerprint density at radius 3 is 2.10 bits per heavy atom. The lowest BCUT2D eigenvalue weighted by Gasteiger charge is -2.37. The zero-order chi connectivity index (χ0) is 30.3. The number of hydrogen-bond donors (Lipinski definition) is 3. The summed E-state index contributed by atoms with van der Waals surface area (Å²) in [5.41, 5.74) is -0.168. The number of likely N-dealkylation sites (tertiary alicyclic amines) is 1. The normalized spacial score (nSPS) is 28.0. The van der Waals surface area contributed by atoms with E-state index in [4.69, 9.17) is 23.2 Å². The summed E-state index contributed by atoms with van der Waals surface area (Å²) in [6, 6.07) is -3.30. The first-order valence-corrected chi connectivity index (χ1v) is 16.0. The fourth-order valence-electron chi connectivity index (χ4n) is 6.55. The Hall–Kier alpha value is -1.87. The average molecular weight is 614 g/mol. The molecule has 0 aromatic heterocycles. The van der Waals surface area contributed by atoms with Crippen LogP contribution in [0.5, 0.6) is 0 Å². The number of alkyl halides is 2. The third-order valence-electron chi connectivity index (χ3n) is 9.98. The average Bonchev–Trinajstić information content (AvgIpc) is 3.20. The van der Waals surface area contributed by atoms with Gasteiger partial charge in [0.15, 0.2) is 5.78 Å². The second kappa shape index (κ2) is 12.4. The summed E-state index contributed by atoms with van der Waals surface area (Å²) in [7, 11) is 0. The van der Waals surface area contributed by atoms with E-state index in [9.17, 15) is 24.0 Å². The van der Waals surface area contributed by atoms with Crippen molar-refractivity contribution in [2.45, 2.75) is 121 Å². The molecule has 4 amide bonds. The Morgan fingerprint density at radius 2 is 1.56 bits per heavy atom. The Balaban J connectivity index is 1.55. The van der Waals surface area contributed by atoms with Crippen molar-refractivity contribution in [1.29, 1.82) is 0 Å². The molecule has 0 spiro atoms. The van der Waals surface area contributed by atoms with E-state index in [-0.39, 0.29) is 41.7 Å². The number of rotatable bonds is 10. The summed E-state index contributed by atoms with van der Waals surface area (Å²) in [6.45, 7) is 9.41. The smallest absolute Gasteiger partial charge is 0.315 e. The van der Waals surface area contributed by atoms with Crippen molar-refractivity contribution in [1.82, 2.24) is 20.9 Å². The number of nitrogens with one attached hydrogen (secondary N) is 3. The summed E-state index contributed by atoms with van der Waals surface area (Å²) >= 11 is 13.1. The molecule has 0 radical (unpaired) electrons. The molecule has 2 unspecified atom stereocenters. The number of hydrogen-bond acceptors (Lipinski definition) is 5. The predicted octanol–water partition coefficient (Wildman–Crippen LogP) is 4.13. The molecule has 1 saturated heterocycles. The van der Waals surface area contributed by atoms with Crippen molar-refractivity contribution in [2.75, 3.05) is 6.54 Å². The number of fused-ring (bicyclic) bond motifs is 1. The fraction of sp³-hybridized carbons (Fsp3) is 0.833. The number of urea groups is 1. The minimum Gasteiger partial charge on any atom is -0.344 e. The van der Waals surface area contributed by atoms with Crippen LogP contribution >= 0.6 is 23.2 Å². The van der Waals surface area contributed by atoms with Crippen LogP contribution in [0, 0.1) is 29.1 Å². The Morgan fingerprint density at radius 1 is 0.927 bits per heavy atom. The summed E-state index contributed by atoms with van der Waals surface area (Å²) in [4.78, 5) is 67.3. The second-order valence-corrected chi connectivity index (χ2v) is 15.3. The number of halogens is 2. The molecule has 3 aliphatic carbocycles. The van der Waals surface area contributed by atoms with Gasteiger partial charge in [-0.25, -0.2) is 4.79 Å². The van der Waals surface area contributed by atoms with Gasteiger partial charge in [0, 0.05) is 31.3 Å². The summed E-state index contributed by atoms with van der Waals surface area (Å²) in [6.07, 6.45) is 7.97. The molecule has 4 aliphatic rings. The lowest BCUT2D eigenvalue weighted by molar-refractivity contribution is -0.144. The van der Waals surface area contributed by atoms with Crippen molar-refractivity contribution in [3.8, 4) is 0 Å². The van der Waals surface area contributed by atoms with Gasteiger partial charge in [0.25, 0.3) is 0 Å². The molecule has 0 bridgehead atoms. The third kappa shape index (κ3) is 7.03. The van der Waals surface area contributed by atoms with E-state index in [2.05, 4.69) is 16.0 Å². The summed E-state index contributed by atoms with van der Waals surface area (Å²) < 4.78 is -1.15. The van der Waals surface area contributed by atoms with Gasteiger partial charge in [-0.2, -0.15) is 0 Å². The van der Waals surface area contributed by atoms with Crippen LogP contribution in [0.1, 0.15) is 92.4 Å². The standard InChI is InChI=1S/C30H46Cl2N4O5/c1-16(37)25(38)21(14-18-10-9-11-18)34-26(39)24-22-20(30(22,31)32)15-36(24)27(40)23(19-12-7-6-8-13-19)35-28(41)33-17(2)29(3,4)5/h17-24H,6-15H2,1-5H3,(H,34,39)(H2,33,35,41)/t17?,20-,21?,22-,23-,24-/m0/s1. The van der Waals surface area contributed by atoms with Crippen LogP contribution < -0.4 is 16.0 Å². The maximum Gasteiger partial charge on any atom is 0.315 e. The van der Waals surface area contributed by atoms with Crippen LogP contribution in [0.3, 0.4) is 0 Å². The third-order valence-corrected chi connectivity index (χ3v) is 11.0. The number of nitrogens with zero attached hydrogens (tertiary/aromatic N) is 1. The Bertz CT molecular complexity index is 1050. The molecule has 4 fully saturated rings. The van der Waals surface area contributed by atoms with Crippen LogP contribution in [0.15, 0.2) is 0 Å². The predicted molar refractivity (Wildman–Crippen MR) is 157 cm³/mol. The molecule has 9 nitrogen and oxygen atoms in total. The number of amides is 4. The fourth-order valence-corrected chi connectivity index (χ4v) is 7.38. The van der Waals surface area contributed by atoms with Gasteiger partial charge in [0.1, 0.15) is 16.4 Å². The van der Waals surface area contributed by atoms with Crippen molar-refractivity contribution in [3.05, 3.63) is 0 Å². The number of carbonyl (C=O) groups is 5. The highest BCUT2D eigenvalue weighted by Gasteiger charge is 2.74. The highest BCUT2D eigenvalue weighted by molar-refractivity contribution is 6.51. The van der Waals surface area contributed by atoms with E-state index < -0.39 is 51.9 Å². The molecule has 4 rings (SSSR count). The SMILES string of the molecule is CC(=O)C(=O)C(CC1CCC1)NC(=O)[C@@H]1[C@@H]2[C@H](CN1C(=O)[C@@H](NC(=O)NC(C)C(C)(C)C)C1CCCCC1)C2(Cl)Cl. The van der Waals surface area contributed by atoms with Crippen LogP contribution in [-0.4, -0.2) is 69.4 Å². The van der Waals surface area contributed by atoms with E-state index in [1.54, 1.807) is 0 Å². The first kappa shape index (κ1) is 32.1.